The van der Waals surface area contributed by atoms with Crippen LogP contribution in [0.3, 0.4) is 0 Å². The summed E-state index contributed by atoms with van der Waals surface area (Å²) in [4.78, 5) is 31.2. The summed E-state index contributed by atoms with van der Waals surface area (Å²) in [5, 5.41) is 0. The molecule has 4 aromatic rings. The highest BCUT2D eigenvalue weighted by Gasteiger charge is 2.36. The van der Waals surface area contributed by atoms with Gasteiger partial charge in [0.15, 0.2) is 5.82 Å². The first-order valence-electron chi connectivity index (χ1n) is 9.43. The van der Waals surface area contributed by atoms with E-state index in [1.54, 1.807) is 24.4 Å². The number of aromatic amines is 1. The first kappa shape index (κ1) is 17.4. The lowest BCUT2D eigenvalue weighted by atomic mass is 9.92. The quantitative estimate of drug-likeness (QED) is 0.583. The highest BCUT2D eigenvalue weighted by Crippen LogP contribution is 2.36. The molecule has 0 spiro atoms. The zero-order chi connectivity index (χ0) is 19.8. The maximum absolute atomic E-state index is 12.8. The van der Waals surface area contributed by atoms with Crippen LogP contribution in [-0.4, -0.2) is 50.9 Å². The minimum Gasteiger partial charge on any atom is -0.496 e. The number of methoxy groups -OCH3 is 1. The molecule has 7 nitrogen and oxygen atoms in total. The van der Waals surface area contributed by atoms with Crippen molar-refractivity contribution in [2.45, 2.75) is 5.92 Å². The van der Waals surface area contributed by atoms with Crippen LogP contribution in [0.15, 0.2) is 60.9 Å². The van der Waals surface area contributed by atoms with Gasteiger partial charge < -0.3 is 14.6 Å². The normalized spacial score (nSPS) is 14.0. The molecule has 7 heteroatoms. The average Bonchev–Trinajstić information content (AvgIpc) is 3.17. The van der Waals surface area contributed by atoms with Gasteiger partial charge in [-0.1, -0.05) is 24.3 Å². The molecule has 0 aliphatic carbocycles. The van der Waals surface area contributed by atoms with Crippen molar-refractivity contribution in [1.29, 1.82) is 0 Å². The van der Waals surface area contributed by atoms with Gasteiger partial charge in [-0.2, -0.15) is 0 Å². The Kier molecular flexibility index (Phi) is 4.20. The summed E-state index contributed by atoms with van der Waals surface area (Å²) in [6.45, 7) is 1.16. The molecule has 2 aromatic carbocycles. The molecule has 1 aliphatic heterocycles. The number of rotatable bonds is 4. The van der Waals surface area contributed by atoms with E-state index in [1.165, 1.54) is 0 Å². The number of benzene rings is 2. The van der Waals surface area contributed by atoms with Gasteiger partial charge in [0.25, 0.3) is 5.91 Å². The molecule has 1 amide bonds. The van der Waals surface area contributed by atoms with Crippen molar-refractivity contribution in [2.75, 3.05) is 20.2 Å². The van der Waals surface area contributed by atoms with Crippen LogP contribution in [0.2, 0.25) is 0 Å². The number of carbonyl (C=O) groups is 1. The van der Waals surface area contributed by atoms with Gasteiger partial charge in [-0.15, -0.1) is 0 Å². The third kappa shape index (κ3) is 3.00. The molecule has 1 saturated heterocycles. The standard InChI is InChI=1S/C22H19N5O2/c1-29-18-9-5-2-6-15(18)20-19(23-10-11-24-20)14-12-27(13-14)22(28)21-25-16-7-3-4-8-17(16)26-21/h2-11,14H,12-13H2,1H3,(H,25,26). The summed E-state index contributed by atoms with van der Waals surface area (Å²) in [5.74, 6) is 1.15. The van der Waals surface area contributed by atoms with E-state index >= 15 is 0 Å². The topological polar surface area (TPSA) is 84.0 Å². The summed E-state index contributed by atoms with van der Waals surface area (Å²) in [6, 6.07) is 15.4. The molecule has 1 N–H and O–H groups in total. The molecular formula is C22H19N5O2. The van der Waals surface area contributed by atoms with Gasteiger partial charge >= 0.3 is 0 Å². The minimum atomic E-state index is -0.0971. The minimum absolute atomic E-state index is 0.0971. The number of para-hydroxylation sites is 3. The molecule has 0 atom stereocenters. The van der Waals surface area contributed by atoms with Crippen molar-refractivity contribution >= 4 is 16.9 Å². The van der Waals surface area contributed by atoms with Gasteiger partial charge in [0, 0.05) is 37.0 Å². The number of aromatic nitrogens is 4. The van der Waals surface area contributed by atoms with Crippen molar-refractivity contribution in [3.05, 3.63) is 72.4 Å². The second-order valence-electron chi connectivity index (χ2n) is 7.00. The predicted octanol–water partition coefficient (Wildman–Crippen LogP) is 3.27. The zero-order valence-electron chi connectivity index (χ0n) is 15.9. The van der Waals surface area contributed by atoms with Crippen molar-refractivity contribution in [3.8, 4) is 17.0 Å². The number of hydrogen-bond donors (Lipinski definition) is 1. The Hall–Kier alpha value is -3.74. The van der Waals surface area contributed by atoms with Gasteiger partial charge in [0.05, 0.1) is 29.5 Å². The lowest BCUT2D eigenvalue weighted by Crippen LogP contribution is -2.49. The Morgan fingerprint density at radius 3 is 2.66 bits per heavy atom. The molecule has 29 heavy (non-hydrogen) atoms. The molecule has 2 aromatic heterocycles. The molecular weight excluding hydrogens is 366 g/mol. The van der Waals surface area contributed by atoms with E-state index in [-0.39, 0.29) is 11.8 Å². The van der Waals surface area contributed by atoms with Crippen LogP contribution in [0.5, 0.6) is 5.75 Å². The predicted molar refractivity (Wildman–Crippen MR) is 109 cm³/mol. The maximum atomic E-state index is 12.8. The fraction of sp³-hybridized carbons (Fsp3) is 0.182. The average molecular weight is 385 g/mol. The highest BCUT2D eigenvalue weighted by molar-refractivity contribution is 5.94. The number of nitrogens with zero attached hydrogens (tertiary/aromatic N) is 4. The number of imidazole rings is 1. The van der Waals surface area contributed by atoms with Crippen LogP contribution in [-0.2, 0) is 0 Å². The molecule has 144 valence electrons. The first-order chi connectivity index (χ1) is 14.2. The molecule has 3 heterocycles. The van der Waals surface area contributed by atoms with Crippen LogP contribution in [0.1, 0.15) is 22.2 Å². The third-order valence-electron chi connectivity index (χ3n) is 5.24. The Bertz CT molecular complexity index is 1160. The monoisotopic (exact) mass is 385 g/mol. The lowest BCUT2D eigenvalue weighted by molar-refractivity contribution is 0.0587. The summed E-state index contributed by atoms with van der Waals surface area (Å²) in [6.07, 6.45) is 3.37. The number of likely N-dealkylation sites (tertiary alicyclic amines) is 1. The number of nitrogens with one attached hydrogen (secondary N) is 1. The van der Waals surface area contributed by atoms with E-state index in [0.29, 0.717) is 18.9 Å². The van der Waals surface area contributed by atoms with Gasteiger partial charge in [-0.25, -0.2) is 4.98 Å². The summed E-state index contributed by atoms with van der Waals surface area (Å²) >= 11 is 0. The van der Waals surface area contributed by atoms with E-state index in [1.807, 2.05) is 48.5 Å². The van der Waals surface area contributed by atoms with E-state index in [0.717, 1.165) is 33.7 Å². The van der Waals surface area contributed by atoms with Crippen LogP contribution >= 0.6 is 0 Å². The van der Waals surface area contributed by atoms with Crippen molar-refractivity contribution in [2.24, 2.45) is 0 Å². The third-order valence-corrected chi connectivity index (χ3v) is 5.24. The van der Waals surface area contributed by atoms with Gasteiger partial charge in [-0.05, 0) is 24.3 Å². The van der Waals surface area contributed by atoms with Gasteiger partial charge in [-0.3, -0.25) is 14.8 Å². The van der Waals surface area contributed by atoms with Crippen LogP contribution < -0.4 is 4.74 Å². The number of amides is 1. The summed E-state index contributed by atoms with van der Waals surface area (Å²) in [5.41, 5.74) is 4.23. The van der Waals surface area contributed by atoms with E-state index in [4.69, 9.17) is 4.74 Å². The molecule has 0 unspecified atom stereocenters. The summed E-state index contributed by atoms with van der Waals surface area (Å²) in [7, 11) is 1.64. The first-order valence-corrected chi connectivity index (χ1v) is 9.43. The number of carbonyl (C=O) groups excluding carboxylic acids is 1. The van der Waals surface area contributed by atoms with E-state index in [9.17, 15) is 4.79 Å². The van der Waals surface area contributed by atoms with Gasteiger partial charge in [0.1, 0.15) is 5.75 Å². The Balaban J connectivity index is 1.38. The fourth-order valence-electron chi connectivity index (χ4n) is 3.72. The smallest absolute Gasteiger partial charge is 0.289 e. The van der Waals surface area contributed by atoms with Crippen molar-refractivity contribution in [1.82, 2.24) is 24.8 Å². The SMILES string of the molecule is COc1ccccc1-c1nccnc1C1CN(C(=O)c2nc3ccccc3[nH]2)C1. The Labute approximate surface area is 167 Å². The second kappa shape index (κ2) is 7.01. The Morgan fingerprint density at radius 2 is 1.83 bits per heavy atom. The molecule has 1 fully saturated rings. The number of H-pyrrole nitrogens is 1. The zero-order valence-corrected chi connectivity index (χ0v) is 15.9. The summed E-state index contributed by atoms with van der Waals surface area (Å²) < 4.78 is 5.49. The van der Waals surface area contributed by atoms with Crippen LogP contribution in [0.4, 0.5) is 0 Å². The van der Waals surface area contributed by atoms with Crippen molar-refractivity contribution in [3.63, 3.8) is 0 Å². The number of fused-ring (bicyclic) bond motifs is 1. The largest absolute Gasteiger partial charge is 0.496 e. The van der Waals surface area contributed by atoms with E-state index < -0.39 is 0 Å². The van der Waals surface area contributed by atoms with Gasteiger partial charge in [0.2, 0.25) is 0 Å². The highest BCUT2D eigenvalue weighted by atomic mass is 16.5. The maximum Gasteiger partial charge on any atom is 0.289 e. The second-order valence-corrected chi connectivity index (χ2v) is 7.00. The number of ether oxygens (including phenoxy) is 1. The Morgan fingerprint density at radius 1 is 1.07 bits per heavy atom. The van der Waals surface area contributed by atoms with Crippen molar-refractivity contribution < 1.29 is 9.53 Å². The van der Waals surface area contributed by atoms with E-state index in [2.05, 4.69) is 19.9 Å². The molecule has 0 bridgehead atoms. The van der Waals surface area contributed by atoms with Crippen LogP contribution in [0.25, 0.3) is 22.3 Å². The fourth-order valence-corrected chi connectivity index (χ4v) is 3.72. The molecule has 1 aliphatic rings. The molecule has 0 saturated carbocycles. The van der Waals surface area contributed by atoms with Crippen LogP contribution in [0, 0.1) is 0 Å². The number of hydrogen-bond acceptors (Lipinski definition) is 5. The molecule has 0 radical (unpaired) electrons. The molecule has 5 rings (SSSR count). The lowest BCUT2D eigenvalue weighted by Gasteiger charge is -2.38.